The van der Waals surface area contributed by atoms with Crippen LogP contribution in [0.1, 0.15) is 12.0 Å². The Hall–Kier alpha value is -1.52. The third kappa shape index (κ3) is 5.35. The van der Waals surface area contributed by atoms with Crippen molar-refractivity contribution in [3.05, 3.63) is 58.1 Å². The molecule has 0 bridgehead atoms. The summed E-state index contributed by atoms with van der Waals surface area (Å²) in [4.78, 5) is -0.165. The van der Waals surface area contributed by atoms with Crippen molar-refractivity contribution in [2.75, 3.05) is 19.6 Å². The molecule has 1 atom stereocenters. The van der Waals surface area contributed by atoms with Crippen LogP contribution in [-0.4, -0.2) is 34.4 Å². The molecule has 0 saturated carbocycles. The molecule has 0 aromatic heterocycles. The predicted octanol–water partition coefficient (Wildman–Crippen LogP) is 4.10. The molecular formula is C18H17Cl2F3N2O3S. The summed E-state index contributed by atoms with van der Waals surface area (Å²) in [6.45, 7) is 1.32. The van der Waals surface area contributed by atoms with Crippen LogP contribution in [0.3, 0.4) is 0 Å². The van der Waals surface area contributed by atoms with Crippen LogP contribution in [0.25, 0.3) is 0 Å². The van der Waals surface area contributed by atoms with Gasteiger partial charge in [-0.05, 0) is 54.9 Å². The molecule has 1 aliphatic heterocycles. The van der Waals surface area contributed by atoms with Crippen molar-refractivity contribution >= 4 is 33.2 Å². The summed E-state index contributed by atoms with van der Waals surface area (Å²) in [6, 6.07) is 9.20. The van der Waals surface area contributed by atoms with Gasteiger partial charge in [-0.15, -0.1) is 13.2 Å². The summed E-state index contributed by atoms with van der Waals surface area (Å²) < 4.78 is 68.3. The fourth-order valence-electron chi connectivity index (χ4n) is 3.21. The predicted molar refractivity (Wildman–Crippen MR) is 104 cm³/mol. The van der Waals surface area contributed by atoms with E-state index in [-0.39, 0.29) is 11.4 Å². The van der Waals surface area contributed by atoms with E-state index in [1.54, 1.807) is 18.2 Å². The van der Waals surface area contributed by atoms with E-state index >= 15 is 0 Å². The SMILES string of the molecule is O=S(=O)(NCC1(c2ccc(Cl)c(Cl)c2)CCNC1)c1ccc(OC(F)(F)F)cc1. The summed E-state index contributed by atoms with van der Waals surface area (Å²) in [6.07, 6.45) is -4.17. The number of rotatable bonds is 6. The van der Waals surface area contributed by atoms with Gasteiger partial charge in [-0.1, -0.05) is 29.3 Å². The fraction of sp³-hybridized carbons (Fsp3) is 0.333. The first-order valence-electron chi connectivity index (χ1n) is 8.53. The van der Waals surface area contributed by atoms with E-state index in [1.165, 1.54) is 0 Å². The highest BCUT2D eigenvalue weighted by Gasteiger charge is 2.37. The average Bonchev–Trinajstić information content (AvgIpc) is 3.12. The summed E-state index contributed by atoms with van der Waals surface area (Å²) >= 11 is 12.1. The van der Waals surface area contributed by atoms with E-state index in [4.69, 9.17) is 23.2 Å². The van der Waals surface area contributed by atoms with Crippen LogP contribution in [0.5, 0.6) is 5.75 Å². The van der Waals surface area contributed by atoms with Crippen molar-refractivity contribution in [1.82, 2.24) is 10.0 Å². The molecule has 0 amide bonds. The average molecular weight is 469 g/mol. The first-order chi connectivity index (χ1) is 13.5. The highest BCUT2D eigenvalue weighted by molar-refractivity contribution is 7.89. The Kier molecular flexibility index (Phi) is 6.35. The van der Waals surface area contributed by atoms with Crippen LogP contribution in [-0.2, 0) is 15.4 Å². The lowest BCUT2D eigenvalue weighted by atomic mass is 9.80. The van der Waals surface area contributed by atoms with Crippen molar-refractivity contribution in [2.45, 2.75) is 23.1 Å². The van der Waals surface area contributed by atoms with Gasteiger partial charge in [0.25, 0.3) is 0 Å². The van der Waals surface area contributed by atoms with Crippen molar-refractivity contribution in [2.24, 2.45) is 0 Å². The van der Waals surface area contributed by atoms with Gasteiger partial charge in [-0.3, -0.25) is 0 Å². The highest BCUT2D eigenvalue weighted by Crippen LogP contribution is 2.34. The molecule has 11 heteroatoms. The topological polar surface area (TPSA) is 67.4 Å². The second kappa shape index (κ2) is 8.31. The Balaban J connectivity index is 1.78. The fourth-order valence-corrected chi connectivity index (χ4v) is 4.63. The zero-order valence-electron chi connectivity index (χ0n) is 14.9. The molecular weight excluding hydrogens is 452 g/mol. The zero-order chi connectivity index (χ0) is 21.3. The Morgan fingerprint density at radius 2 is 1.79 bits per heavy atom. The van der Waals surface area contributed by atoms with Crippen LogP contribution in [0.2, 0.25) is 10.0 Å². The maximum Gasteiger partial charge on any atom is 0.573 e. The maximum atomic E-state index is 12.6. The van der Waals surface area contributed by atoms with Crippen LogP contribution in [0.15, 0.2) is 47.4 Å². The molecule has 2 aromatic carbocycles. The van der Waals surface area contributed by atoms with Gasteiger partial charge in [0, 0.05) is 18.5 Å². The smallest absolute Gasteiger partial charge is 0.406 e. The van der Waals surface area contributed by atoms with Crippen LogP contribution < -0.4 is 14.8 Å². The lowest BCUT2D eigenvalue weighted by molar-refractivity contribution is -0.274. The molecule has 158 valence electrons. The third-order valence-electron chi connectivity index (χ3n) is 4.74. The van der Waals surface area contributed by atoms with Gasteiger partial charge in [-0.25, -0.2) is 13.1 Å². The van der Waals surface area contributed by atoms with Gasteiger partial charge in [0.05, 0.1) is 14.9 Å². The maximum absolute atomic E-state index is 12.6. The Bertz CT molecular complexity index is 977. The number of ether oxygens (including phenoxy) is 1. The van der Waals surface area contributed by atoms with Crippen LogP contribution >= 0.6 is 23.2 Å². The standard InChI is InChI=1S/C18H17Cl2F3N2O3S/c19-15-6-1-12(9-16(15)20)17(7-8-24-10-17)11-25-29(26,27)14-4-2-13(3-5-14)28-18(21,22)23/h1-6,9,24-25H,7-8,10-11H2. The summed E-state index contributed by atoms with van der Waals surface area (Å²) in [5.74, 6) is -0.497. The second-order valence-electron chi connectivity index (χ2n) is 6.68. The lowest BCUT2D eigenvalue weighted by Gasteiger charge is -2.29. The van der Waals surface area contributed by atoms with Gasteiger partial charge in [-0.2, -0.15) is 0 Å². The number of nitrogens with one attached hydrogen (secondary N) is 2. The molecule has 1 unspecified atom stereocenters. The molecule has 3 rings (SSSR count). The molecule has 2 N–H and O–H groups in total. The second-order valence-corrected chi connectivity index (χ2v) is 9.26. The third-order valence-corrected chi connectivity index (χ3v) is 6.90. The largest absolute Gasteiger partial charge is 0.573 e. The number of hydrogen-bond donors (Lipinski definition) is 2. The number of sulfonamides is 1. The molecule has 1 saturated heterocycles. The van der Waals surface area contributed by atoms with E-state index in [9.17, 15) is 21.6 Å². The van der Waals surface area contributed by atoms with E-state index in [0.717, 1.165) is 29.8 Å². The minimum absolute atomic E-state index is 0.0844. The number of benzene rings is 2. The summed E-state index contributed by atoms with van der Waals surface area (Å²) in [7, 11) is -3.95. The van der Waals surface area contributed by atoms with Crippen molar-refractivity contribution in [3.8, 4) is 5.75 Å². The van der Waals surface area contributed by atoms with Crippen LogP contribution in [0, 0.1) is 0 Å². The molecule has 29 heavy (non-hydrogen) atoms. The molecule has 0 radical (unpaired) electrons. The van der Waals surface area contributed by atoms with Crippen LogP contribution in [0.4, 0.5) is 13.2 Å². The van der Waals surface area contributed by atoms with E-state index < -0.39 is 27.6 Å². The normalized spacial score (nSPS) is 20.0. The van der Waals surface area contributed by atoms with E-state index in [0.29, 0.717) is 29.6 Å². The Labute approximate surface area is 176 Å². The number of halogens is 5. The monoisotopic (exact) mass is 468 g/mol. The van der Waals surface area contributed by atoms with Crippen molar-refractivity contribution in [1.29, 1.82) is 0 Å². The number of alkyl halides is 3. The first kappa shape index (κ1) is 22.2. The minimum atomic E-state index is -4.85. The molecule has 0 aliphatic carbocycles. The van der Waals surface area contributed by atoms with Gasteiger partial charge >= 0.3 is 6.36 Å². The van der Waals surface area contributed by atoms with Gasteiger partial charge in [0.15, 0.2) is 0 Å². The summed E-state index contributed by atoms with van der Waals surface area (Å²) in [5, 5.41) is 3.99. The van der Waals surface area contributed by atoms with E-state index in [2.05, 4.69) is 14.8 Å². The Morgan fingerprint density at radius 3 is 2.34 bits per heavy atom. The van der Waals surface area contributed by atoms with Gasteiger partial charge in [0.1, 0.15) is 5.75 Å². The molecule has 1 fully saturated rings. The molecule has 5 nitrogen and oxygen atoms in total. The molecule has 2 aromatic rings. The molecule has 1 heterocycles. The number of hydrogen-bond acceptors (Lipinski definition) is 4. The first-order valence-corrected chi connectivity index (χ1v) is 10.8. The van der Waals surface area contributed by atoms with Crippen molar-refractivity contribution < 1.29 is 26.3 Å². The highest BCUT2D eigenvalue weighted by atomic mass is 35.5. The lowest BCUT2D eigenvalue weighted by Crippen LogP contribution is -2.42. The zero-order valence-corrected chi connectivity index (χ0v) is 17.2. The van der Waals surface area contributed by atoms with Crippen molar-refractivity contribution in [3.63, 3.8) is 0 Å². The minimum Gasteiger partial charge on any atom is -0.406 e. The van der Waals surface area contributed by atoms with Gasteiger partial charge in [0.2, 0.25) is 10.0 Å². The Morgan fingerprint density at radius 1 is 1.10 bits per heavy atom. The summed E-state index contributed by atoms with van der Waals surface area (Å²) in [5.41, 5.74) is 0.314. The molecule has 0 spiro atoms. The quantitative estimate of drug-likeness (QED) is 0.669. The van der Waals surface area contributed by atoms with E-state index in [1.807, 2.05) is 0 Å². The molecule has 1 aliphatic rings. The van der Waals surface area contributed by atoms with Gasteiger partial charge < -0.3 is 10.1 Å².